The van der Waals surface area contributed by atoms with Gasteiger partial charge >= 0.3 is 0 Å². The Kier molecular flexibility index (Phi) is 13.9. The van der Waals surface area contributed by atoms with E-state index in [1.165, 1.54) is 40.9 Å². The predicted octanol–water partition coefficient (Wildman–Crippen LogP) is 6.68. The molecule has 3 aliphatic heterocycles. The molecule has 0 spiro atoms. The molecule has 4 N–H and O–H groups in total. The summed E-state index contributed by atoms with van der Waals surface area (Å²) in [6, 6.07) is 15.6. The Bertz CT molecular complexity index is 2820. The number of carbonyl (C=O) groups excluding carboxylic acids is 4. The van der Waals surface area contributed by atoms with E-state index in [-0.39, 0.29) is 48.9 Å². The van der Waals surface area contributed by atoms with Gasteiger partial charge in [-0.15, -0.1) is 11.3 Å². The highest BCUT2D eigenvalue weighted by molar-refractivity contribution is 7.13. The van der Waals surface area contributed by atoms with Crippen LogP contribution in [0.15, 0.2) is 85.3 Å². The standard InChI is InChI=1S/C50H53F2N11O5S/c1-29(32-6-8-34(9-7-32)43-30(2)56-28-69-43)57-46(66)39-22-38(64)26-63(39)48(68)44(49(3,4)5)60-45(65)36-19-37(25-54-24-36)47(67)61-15-11-33(12-16-61)35-20-41(58-40-18-31(23-53)10-14-55-40)59-42(21-35)62-17-13-50(51,52)27-62/h6-10,14,18-21,24-25,28,33,38-39,44,64H,1,11-13,15-17,22,26-27H2,2-5H3,(H,57,66)(H,60,65)(H,55,58,59)/t38-,39+,44-/m1/s1. The number of halogens is 2. The van der Waals surface area contributed by atoms with Gasteiger partial charge in [-0.25, -0.2) is 23.7 Å². The first-order valence-electron chi connectivity index (χ1n) is 22.7. The molecule has 0 saturated carbocycles. The van der Waals surface area contributed by atoms with E-state index < -0.39 is 53.8 Å². The van der Waals surface area contributed by atoms with E-state index in [1.807, 2.05) is 43.3 Å². The number of hydrogen-bond donors (Lipinski definition) is 4. The number of nitrogens with zero attached hydrogens (tertiary/aromatic N) is 8. The number of likely N-dealkylation sites (tertiary alicyclic amines) is 2. The molecule has 0 aliphatic carbocycles. The molecule has 358 valence electrons. The van der Waals surface area contributed by atoms with Crippen LogP contribution in [-0.2, 0) is 9.59 Å². The molecule has 69 heavy (non-hydrogen) atoms. The number of anilines is 3. The molecule has 3 fully saturated rings. The molecular weight excluding hydrogens is 905 g/mol. The van der Waals surface area contributed by atoms with Gasteiger partial charge in [-0.1, -0.05) is 51.6 Å². The van der Waals surface area contributed by atoms with E-state index in [2.05, 4.69) is 48.5 Å². The minimum Gasteiger partial charge on any atom is -0.391 e. The lowest BCUT2D eigenvalue weighted by Gasteiger charge is -2.35. The lowest BCUT2D eigenvalue weighted by atomic mass is 9.85. The van der Waals surface area contributed by atoms with Crippen LogP contribution in [0.5, 0.6) is 0 Å². The third kappa shape index (κ3) is 11.1. The monoisotopic (exact) mass is 957 g/mol. The number of pyridine rings is 3. The Morgan fingerprint density at radius 3 is 2.38 bits per heavy atom. The van der Waals surface area contributed by atoms with Crippen molar-refractivity contribution in [3.63, 3.8) is 0 Å². The van der Waals surface area contributed by atoms with Gasteiger partial charge in [0.15, 0.2) is 0 Å². The zero-order valence-corrected chi connectivity index (χ0v) is 39.5. The summed E-state index contributed by atoms with van der Waals surface area (Å²) in [7, 11) is 0. The van der Waals surface area contributed by atoms with Gasteiger partial charge in [-0.05, 0) is 78.1 Å². The highest BCUT2D eigenvalue weighted by Crippen LogP contribution is 2.36. The molecule has 4 amide bonds. The van der Waals surface area contributed by atoms with Gasteiger partial charge in [0.1, 0.15) is 29.5 Å². The van der Waals surface area contributed by atoms with Gasteiger partial charge in [-0.3, -0.25) is 24.2 Å². The van der Waals surface area contributed by atoms with Crippen molar-refractivity contribution in [3.8, 4) is 16.5 Å². The lowest BCUT2D eigenvalue weighted by molar-refractivity contribution is -0.141. The van der Waals surface area contributed by atoms with E-state index >= 15 is 0 Å². The Morgan fingerprint density at radius 1 is 0.971 bits per heavy atom. The molecule has 5 aromatic rings. The maximum Gasteiger partial charge on any atom is 0.266 e. The number of amides is 4. The zero-order chi connectivity index (χ0) is 49.2. The van der Waals surface area contributed by atoms with E-state index in [9.17, 15) is 38.3 Å². The minimum atomic E-state index is -2.84. The SMILES string of the molecule is C=C(NC(=O)[C@@H]1C[C@@H](O)CN1C(=O)[C@@H](NC(=O)c1cncc(C(=O)N2CCC(c3cc(Nc4cc(C#N)ccn4)nc(N4CCC(F)(F)C4)c3)CC2)c1)C(C)(C)C)c1ccc(-c2scnc2C)cc1. The predicted molar refractivity (Wildman–Crippen MR) is 257 cm³/mol. The maximum absolute atomic E-state index is 14.4. The molecule has 3 aliphatic rings. The van der Waals surface area contributed by atoms with Crippen molar-refractivity contribution in [1.29, 1.82) is 5.26 Å². The van der Waals surface area contributed by atoms with Crippen LogP contribution < -0.4 is 20.9 Å². The van der Waals surface area contributed by atoms with Crippen LogP contribution in [0, 0.1) is 23.7 Å². The van der Waals surface area contributed by atoms with Gasteiger partial charge < -0.3 is 35.8 Å². The summed E-state index contributed by atoms with van der Waals surface area (Å²) in [5.41, 5.74) is 5.30. The first-order chi connectivity index (χ1) is 32.8. The number of thiazole rings is 1. The highest BCUT2D eigenvalue weighted by atomic mass is 32.1. The van der Waals surface area contributed by atoms with Crippen molar-refractivity contribution in [3.05, 3.63) is 119 Å². The molecule has 0 bridgehead atoms. The second kappa shape index (κ2) is 19.8. The fourth-order valence-corrected chi connectivity index (χ4v) is 9.76. The van der Waals surface area contributed by atoms with Crippen molar-refractivity contribution in [2.75, 3.05) is 42.9 Å². The average molecular weight is 958 g/mol. The van der Waals surface area contributed by atoms with Crippen LogP contribution in [0.25, 0.3) is 16.1 Å². The Labute approximate surface area is 402 Å². The topological polar surface area (TPSA) is 210 Å². The van der Waals surface area contributed by atoms with E-state index in [4.69, 9.17) is 0 Å². The summed E-state index contributed by atoms with van der Waals surface area (Å²) in [5.74, 6) is -3.80. The quantitative estimate of drug-likeness (QED) is 0.103. The van der Waals surface area contributed by atoms with Crippen molar-refractivity contribution >= 4 is 58.1 Å². The minimum absolute atomic E-state index is 0.0105. The van der Waals surface area contributed by atoms with Crippen molar-refractivity contribution in [2.45, 2.75) is 83.4 Å². The summed E-state index contributed by atoms with van der Waals surface area (Å²) < 4.78 is 28.6. The molecule has 0 radical (unpaired) electrons. The van der Waals surface area contributed by atoms with Crippen LogP contribution in [0.2, 0.25) is 0 Å². The Hall–Kier alpha value is -7.17. The molecule has 7 heterocycles. The van der Waals surface area contributed by atoms with E-state index in [1.54, 1.807) is 48.2 Å². The molecule has 16 nitrogen and oxygen atoms in total. The third-order valence-corrected chi connectivity index (χ3v) is 13.7. The normalized spacial score (nSPS) is 18.6. The van der Waals surface area contributed by atoms with Crippen LogP contribution >= 0.6 is 11.3 Å². The molecule has 3 saturated heterocycles. The number of aliphatic hydroxyl groups excluding tert-OH is 1. The molecule has 0 unspecified atom stereocenters. The summed E-state index contributed by atoms with van der Waals surface area (Å²) in [5, 5.41) is 28.9. The summed E-state index contributed by atoms with van der Waals surface area (Å²) in [6.07, 6.45) is 4.01. The molecule has 19 heteroatoms. The number of aliphatic hydroxyl groups is 1. The van der Waals surface area contributed by atoms with Crippen LogP contribution in [0.3, 0.4) is 0 Å². The first kappa shape index (κ1) is 48.3. The zero-order valence-electron chi connectivity index (χ0n) is 38.7. The van der Waals surface area contributed by atoms with Crippen LogP contribution in [0.1, 0.15) is 95.5 Å². The number of β-amino-alcohol motifs (C(OH)–C–C–N with tert-alkyl or cyclic N) is 1. The van der Waals surface area contributed by atoms with Gasteiger partial charge in [0.05, 0.1) is 51.5 Å². The van der Waals surface area contributed by atoms with Gasteiger partial charge in [-0.2, -0.15) is 5.26 Å². The Morgan fingerprint density at radius 2 is 1.71 bits per heavy atom. The number of alkyl halides is 2. The molecule has 4 aromatic heterocycles. The molecular formula is C50H53F2N11O5S. The number of carbonyl (C=O) groups is 4. The fraction of sp³-hybridized carbons (Fsp3) is 0.380. The summed E-state index contributed by atoms with van der Waals surface area (Å²) in [6.45, 7) is 11.6. The van der Waals surface area contributed by atoms with Gasteiger partial charge in [0.2, 0.25) is 11.8 Å². The highest BCUT2D eigenvalue weighted by Gasteiger charge is 2.45. The third-order valence-electron chi connectivity index (χ3n) is 12.7. The Balaban J connectivity index is 0.913. The van der Waals surface area contributed by atoms with Crippen LogP contribution in [0.4, 0.5) is 26.2 Å². The number of rotatable bonds is 12. The van der Waals surface area contributed by atoms with Crippen molar-refractivity contribution < 1.29 is 33.1 Å². The molecule has 8 rings (SSSR count). The number of nitriles is 1. The van der Waals surface area contributed by atoms with Crippen molar-refractivity contribution in [1.82, 2.24) is 40.4 Å². The van der Waals surface area contributed by atoms with Gasteiger partial charge in [0, 0.05) is 63.3 Å². The van der Waals surface area contributed by atoms with E-state index in [0.29, 0.717) is 60.2 Å². The largest absolute Gasteiger partial charge is 0.391 e. The van der Waals surface area contributed by atoms with E-state index in [0.717, 1.165) is 21.7 Å². The number of aryl methyl sites for hydroxylation is 1. The number of hydrogen-bond acceptors (Lipinski definition) is 13. The summed E-state index contributed by atoms with van der Waals surface area (Å²) in [4.78, 5) is 79.0. The maximum atomic E-state index is 14.4. The van der Waals surface area contributed by atoms with Crippen LogP contribution in [-0.4, -0.2) is 115 Å². The fourth-order valence-electron chi connectivity index (χ4n) is 8.95. The van der Waals surface area contributed by atoms with Crippen molar-refractivity contribution in [2.24, 2.45) is 5.41 Å². The lowest BCUT2D eigenvalue weighted by Crippen LogP contribution is -2.57. The number of piperidine rings is 1. The molecule has 3 atom stereocenters. The first-order valence-corrected chi connectivity index (χ1v) is 23.6. The number of nitrogens with one attached hydrogen (secondary N) is 3. The molecule has 1 aromatic carbocycles. The van der Waals surface area contributed by atoms with Gasteiger partial charge in [0.25, 0.3) is 17.7 Å². The smallest absolute Gasteiger partial charge is 0.266 e. The number of aromatic nitrogens is 4. The average Bonchev–Trinajstić information content (AvgIpc) is 4.06. The number of benzene rings is 1. The summed E-state index contributed by atoms with van der Waals surface area (Å²) >= 11 is 1.53. The second-order valence-corrected chi connectivity index (χ2v) is 19.7. The second-order valence-electron chi connectivity index (χ2n) is 18.8.